The van der Waals surface area contributed by atoms with Gasteiger partial charge >= 0.3 is 0 Å². The number of hydrogen-bond donors (Lipinski definition) is 1. The van der Waals surface area contributed by atoms with Crippen LogP contribution in [0.5, 0.6) is 0 Å². The lowest BCUT2D eigenvalue weighted by molar-refractivity contribution is -0.120. The topological polar surface area (TPSA) is 42.0 Å². The van der Waals surface area contributed by atoms with Crippen LogP contribution in [0.25, 0.3) is 0 Å². The molecule has 1 heterocycles. The Morgan fingerprint density at radius 3 is 2.00 bits per heavy atom. The molecule has 0 unspecified atom stereocenters. The average molecular weight is 397 g/mol. The Hall–Kier alpha value is -1.38. The van der Waals surface area contributed by atoms with Crippen LogP contribution >= 0.6 is 0 Å². The molecule has 1 aromatic heterocycles. The van der Waals surface area contributed by atoms with Crippen LogP contribution in [-0.2, 0) is 17.6 Å². The number of fused-ring (bicyclic) bond motifs is 1. The van der Waals surface area contributed by atoms with Gasteiger partial charge in [0.25, 0.3) is 0 Å². The van der Waals surface area contributed by atoms with E-state index in [1.807, 2.05) is 6.20 Å². The quantitative estimate of drug-likeness (QED) is 0.592. The summed E-state index contributed by atoms with van der Waals surface area (Å²) in [5, 5.41) is 3.41. The van der Waals surface area contributed by atoms with Crippen molar-refractivity contribution in [3.8, 4) is 0 Å². The lowest BCUT2D eigenvalue weighted by atomic mass is 9.85. The molecule has 160 valence electrons. The molecule has 0 radical (unpaired) electrons. The Balaban J connectivity index is 1.56. The van der Waals surface area contributed by atoms with Crippen LogP contribution in [0.15, 0.2) is 6.20 Å². The van der Waals surface area contributed by atoms with Gasteiger partial charge in [0.15, 0.2) is 0 Å². The van der Waals surface area contributed by atoms with Crippen molar-refractivity contribution < 1.29 is 4.79 Å². The Morgan fingerprint density at radius 1 is 0.759 bits per heavy atom. The maximum absolute atomic E-state index is 13.2. The van der Waals surface area contributed by atoms with E-state index in [1.54, 1.807) is 0 Å². The Kier molecular flexibility index (Phi) is 7.62. The van der Waals surface area contributed by atoms with Crippen molar-refractivity contribution in [3.05, 3.63) is 23.0 Å². The first-order chi connectivity index (χ1) is 14.3. The normalized spacial score (nSPS) is 22.6. The lowest BCUT2D eigenvalue weighted by Gasteiger charge is -2.25. The Labute approximate surface area is 177 Å². The molecule has 0 saturated heterocycles. The summed E-state index contributed by atoms with van der Waals surface area (Å²) >= 11 is 0. The van der Waals surface area contributed by atoms with Gasteiger partial charge in [-0.1, -0.05) is 70.6 Å². The molecule has 0 aromatic carbocycles. The second-order valence-corrected chi connectivity index (χ2v) is 9.79. The molecule has 0 atom stereocenters. The van der Waals surface area contributed by atoms with E-state index in [-0.39, 0.29) is 11.8 Å². The zero-order chi connectivity index (χ0) is 19.9. The summed E-state index contributed by atoms with van der Waals surface area (Å²) in [6.45, 7) is 0. The number of aromatic nitrogens is 1. The van der Waals surface area contributed by atoms with Crippen LogP contribution in [-0.4, -0.2) is 10.9 Å². The second-order valence-electron chi connectivity index (χ2n) is 9.79. The predicted molar refractivity (Wildman–Crippen MR) is 120 cm³/mol. The largest absolute Gasteiger partial charge is 0.324 e. The predicted octanol–water partition coefficient (Wildman–Crippen LogP) is 7.09. The highest BCUT2D eigenvalue weighted by molar-refractivity contribution is 5.93. The molecule has 3 heteroatoms. The van der Waals surface area contributed by atoms with Crippen LogP contribution in [0.1, 0.15) is 125 Å². The molecule has 0 spiro atoms. The minimum Gasteiger partial charge on any atom is -0.324 e. The number of carbonyl (C=O) groups excluding carboxylic acids is 1. The number of pyridine rings is 1. The number of hydrogen-bond acceptors (Lipinski definition) is 2. The molecule has 2 fully saturated rings. The summed E-state index contributed by atoms with van der Waals surface area (Å²) < 4.78 is 0. The number of rotatable bonds is 3. The molecule has 2 saturated carbocycles. The lowest BCUT2D eigenvalue weighted by Crippen LogP contribution is -2.25. The maximum atomic E-state index is 13.2. The van der Waals surface area contributed by atoms with Gasteiger partial charge in [0.1, 0.15) is 0 Å². The van der Waals surface area contributed by atoms with Gasteiger partial charge in [-0.2, -0.15) is 0 Å². The standard InChI is InChI=1S/C26H40N2O/c29-26(21-15-10-6-3-7-11-16-21)28-24-19-27-23-18-12-17-22(23)25(24)20-13-8-4-1-2-5-9-14-20/h19-21H,1-18H2,(H,28,29). The average Bonchev–Trinajstić information content (AvgIpc) is 3.20. The third-order valence-electron chi connectivity index (χ3n) is 7.65. The SMILES string of the molecule is O=C(Nc1cnc2c(c1C1CCCCCCCC1)CCC2)C1CCCCCCC1. The molecular formula is C26H40N2O. The van der Waals surface area contributed by atoms with Gasteiger partial charge in [0, 0.05) is 11.6 Å². The van der Waals surface area contributed by atoms with Gasteiger partial charge in [-0.3, -0.25) is 9.78 Å². The first-order valence-corrected chi connectivity index (χ1v) is 12.6. The maximum Gasteiger partial charge on any atom is 0.227 e. The number of nitrogens with zero attached hydrogens (tertiary/aromatic N) is 1. The van der Waals surface area contributed by atoms with Crippen LogP contribution in [0, 0.1) is 5.92 Å². The van der Waals surface area contributed by atoms with E-state index in [4.69, 9.17) is 4.98 Å². The Bertz CT molecular complexity index is 666. The molecule has 4 rings (SSSR count). The van der Waals surface area contributed by atoms with Crippen molar-refractivity contribution in [2.75, 3.05) is 5.32 Å². The highest BCUT2D eigenvalue weighted by Crippen LogP contribution is 2.40. The van der Waals surface area contributed by atoms with Crippen molar-refractivity contribution in [2.45, 2.75) is 121 Å². The van der Waals surface area contributed by atoms with Gasteiger partial charge in [-0.05, 0) is 62.0 Å². The summed E-state index contributed by atoms with van der Waals surface area (Å²) in [7, 11) is 0. The smallest absolute Gasteiger partial charge is 0.227 e. The summed E-state index contributed by atoms with van der Waals surface area (Å²) in [6.07, 6.45) is 24.7. The molecule has 0 bridgehead atoms. The zero-order valence-electron chi connectivity index (χ0n) is 18.3. The molecular weight excluding hydrogens is 356 g/mol. The van der Waals surface area contributed by atoms with E-state index in [2.05, 4.69) is 5.32 Å². The minimum atomic E-state index is 0.192. The van der Waals surface area contributed by atoms with Crippen LogP contribution in [0.3, 0.4) is 0 Å². The van der Waals surface area contributed by atoms with Gasteiger partial charge in [0.05, 0.1) is 11.9 Å². The Morgan fingerprint density at radius 2 is 1.34 bits per heavy atom. The van der Waals surface area contributed by atoms with Crippen LogP contribution in [0.4, 0.5) is 5.69 Å². The van der Waals surface area contributed by atoms with Crippen molar-refractivity contribution in [1.82, 2.24) is 4.98 Å². The van der Waals surface area contributed by atoms with Gasteiger partial charge < -0.3 is 5.32 Å². The monoisotopic (exact) mass is 396 g/mol. The molecule has 3 aliphatic carbocycles. The molecule has 3 nitrogen and oxygen atoms in total. The first-order valence-electron chi connectivity index (χ1n) is 12.6. The fourth-order valence-corrected chi connectivity index (χ4v) is 5.98. The van der Waals surface area contributed by atoms with Crippen molar-refractivity contribution in [1.29, 1.82) is 0 Å². The number of aryl methyl sites for hydroxylation is 1. The molecule has 29 heavy (non-hydrogen) atoms. The van der Waals surface area contributed by atoms with E-state index < -0.39 is 0 Å². The third-order valence-corrected chi connectivity index (χ3v) is 7.65. The van der Waals surface area contributed by atoms with E-state index in [0.717, 1.165) is 31.4 Å². The van der Waals surface area contributed by atoms with E-state index >= 15 is 0 Å². The number of nitrogens with one attached hydrogen (secondary N) is 1. The molecule has 3 aliphatic rings. The van der Waals surface area contributed by atoms with E-state index in [0.29, 0.717) is 5.92 Å². The molecule has 1 amide bonds. The summed E-state index contributed by atoms with van der Waals surface area (Å²) in [4.78, 5) is 18.0. The van der Waals surface area contributed by atoms with Crippen LogP contribution in [0.2, 0.25) is 0 Å². The summed E-state index contributed by atoms with van der Waals surface area (Å²) in [5.74, 6) is 1.06. The van der Waals surface area contributed by atoms with Gasteiger partial charge in [-0.15, -0.1) is 0 Å². The van der Waals surface area contributed by atoms with Gasteiger partial charge in [-0.25, -0.2) is 0 Å². The zero-order valence-corrected chi connectivity index (χ0v) is 18.3. The number of carbonyl (C=O) groups is 1. The minimum absolute atomic E-state index is 0.192. The number of amides is 1. The van der Waals surface area contributed by atoms with Crippen LogP contribution < -0.4 is 5.32 Å². The summed E-state index contributed by atoms with van der Waals surface area (Å²) in [5.41, 5.74) is 5.34. The third kappa shape index (κ3) is 5.41. The fourth-order valence-electron chi connectivity index (χ4n) is 5.98. The first kappa shape index (κ1) is 20.9. The van der Waals surface area contributed by atoms with Crippen molar-refractivity contribution >= 4 is 11.6 Å². The van der Waals surface area contributed by atoms with Crippen molar-refractivity contribution in [3.63, 3.8) is 0 Å². The van der Waals surface area contributed by atoms with Crippen molar-refractivity contribution in [2.24, 2.45) is 5.92 Å². The summed E-state index contributed by atoms with van der Waals surface area (Å²) in [6, 6.07) is 0. The van der Waals surface area contributed by atoms with E-state index in [9.17, 15) is 4.79 Å². The fraction of sp³-hybridized carbons (Fsp3) is 0.769. The molecule has 1 N–H and O–H groups in total. The van der Waals surface area contributed by atoms with Gasteiger partial charge in [0.2, 0.25) is 5.91 Å². The van der Waals surface area contributed by atoms with E-state index in [1.165, 1.54) is 107 Å². The number of anilines is 1. The highest BCUT2D eigenvalue weighted by atomic mass is 16.1. The second kappa shape index (κ2) is 10.6. The highest BCUT2D eigenvalue weighted by Gasteiger charge is 2.27. The molecule has 0 aliphatic heterocycles. The molecule has 1 aromatic rings.